The smallest absolute Gasteiger partial charge is 0.282 e. The minimum absolute atomic E-state index is 0.201. The van der Waals surface area contributed by atoms with E-state index in [9.17, 15) is 22.4 Å². The van der Waals surface area contributed by atoms with E-state index in [1.807, 2.05) is 6.92 Å². The van der Waals surface area contributed by atoms with Gasteiger partial charge in [-0.1, -0.05) is 12.1 Å². The maximum atomic E-state index is 13.3. The zero-order chi connectivity index (χ0) is 23.4. The van der Waals surface area contributed by atoms with Crippen molar-refractivity contribution in [3.05, 3.63) is 70.3 Å². The van der Waals surface area contributed by atoms with Crippen LogP contribution >= 0.6 is 0 Å². The predicted octanol–water partition coefficient (Wildman–Crippen LogP) is 5.24. The molecule has 1 aromatic carbocycles. The molecule has 0 radical (unpaired) electrons. The number of methoxy groups -OCH3 is 1. The number of ketones is 1. The molecule has 0 fully saturated rings. The highest BCUT2D eigenvalue weighted by atomic mass is 19.3. The SMILES string of the molecule is CCn1ncc(C(=O)/C=C/c2ccc(OC)c(Cn3nc(C(F)F)cc3C(F)F)c2)c1C. The van der Waals surface area contributed by atoms with Crippen LogP contribution in [-0.4, -0.2) is 32.5 Å². The summed E-state index contributed by atoms with van der Waals surface area (Å²) in [6.07, 6.45) is -1.45. The molecule has 32 heavy (non-hydrogen) atoms. The number of carbonyl (C=O) groups is 1. The van der Waals surface area contributed by atoms with Crippen LogP contribution in [0.15, 0.2) is 36.5 Å². The van der Waals surface area contributed by atoms with Gasteiger partial charge in [0, 0.05) is 17.8 Å². The highest BCUT2D eigenvalue weighted by Gasteiger charge is 2.22. The first-order chi connectivity index (χ1) is 15.2. The van der Waals surface area contributed by atoms with Crippen LogP contribution in [0.25, 0.3) is 6.08 Å². The van der Waals surface area contributed by atoms with Gasteiger partial charge in [-0.2, -0.15) is 10.2 Å². The summed E-state index contributed by atoms with van der Waals surface area (Å²) in [5.74, 6) is 0.149. The molecule has 0 aliphatic rings. The van der Waals surface area contributed by atoms with Crippen LogP contribution in [0.2, 0.25) is 0 Å². The monoisotopic (exact) mass is 450 g/mol. The normalized spacial score (nSPS) is 11.8. The van der Waals surface area contributed by atoms with Gasteiger partial charge in [-0.25, -0.2) is 17.6 Å². The number of hydrogen-bond acceptors (Lipinski definition) is 4. The van der Waals surface area contributed by atoms with Crippen LogP contribution in [0.3, 0.4) is 0 Å². The Kier molecular flexibility index (Phi) is 7.12. The lowest BCUT2D eigenvalue weighted by molar-refractivity contribution is 0.104. The predicted molar refractivity (Wildman–Crippen MR) is 110 cm³/mol. The number of benzene rings is 1. The lowest BCUT2D eigenvalue weighted by atomic mass is 10.1. The Morgan fingerprint density at radius 2 is 1.91 bits per heavy atom. The number of aromatic nitrogens is 4. The molecule has 6 nitrogen and oxygen atoms in total. The largest absolute Gasteiger partial charge is 0.496 e. The van der Waals surface area contributed by atoms with Gasteiger partial charge >= 0.3 is 0 Å². The first-order valence-electron chi connectivity index (χ1n) is 9.80. The number of aryl methyl sites for hydroxylation is 1. The first-order valence-corrected chi connectivity index (χ1v) is 9.80. The number of allylic oxidation sites excluding steroid dienone is 1. The quantitative estimate of drug-likeness (QED) is 0.254. The first kappa shape index (κ1) is 23.2. The highest BCUT2D eigenvalue weighted by molar-refractivity contribution is 6.07. The van der Waals surface area contributed by atoms with E-state index in [4.69, 9.17) is 4.74 Å². The standard InChI is InChI=1S/C22H22F4N4O2/c1-4-29-13(2)16(11-27-29)19(31)7-5-14-6-8-20(32-3)15(9-14)12-30-18(22(25)26)10-17(28-30)21(23)24/h5-11,21-22H,4,12H2,1-3H3/b7-5+. The van der Waals surface area contributed by atoms with Crippen molar-refractivity contribution in [2.24, 2.45) is 0 Å². The number of halogens is 4. The third kappa shape index (κ3) is 4.90. The zero-order valence-corrected chi connectivity index (χ0v) is 17.7. The molecule has 0 saturated heterocycles. The van der Waals surface area contributed by atoms with Crippen molar-refractivity contribution in [1.29, 1.82) is 0 Å². The summed E-state index contributed by atoms with van der Waals surface area (Å²) >= 11 is 0. The molecule has 3 aromatic rings. The second-order valence-electron chi connectivity index (χ2n) is 6.98. The lowest BCUT2D eigenvalue weighted by Gasteiger charge is -2.12. The second kappa shape index (κ2) is 9.80. The summed E-state index contributed by atoms with van der Waals surface area (Å²) in [5.41, 5.74) is 0.961. The fourth-order valence-electron chi connectivity index (χ4n) is 3.32. The fraction of sp³-hybridized carbons (Fsp3) is 0.318. The van der Waals surface area contributed by atoms with Crippen LogP contribution in [0.5, 0.6) is 5.75 Å². The van der Waals surface area contributed by atoms with E-state index in [2.05, 4.69) is 10.2 Å². The summed E-state index contributed by atoms with van der Waals surface area (Å²) in [7, 11) is 1.41. The van der Waals surface area contributed by atoms with Crippen LogP contribution < -0.4 is 4.74 Å². The summed E-state index contributed by atoms with van der Waals surface area (Å²) in [4.78, 5) is 12.5. The van der Waals surface area contributed by atoms with Gasteiger partial charge in [0.15, 0.2) is 5.78 Å². The Hall–Kier alpha value is -3.43. The minimum atomic E-state index is -2.96. The fourth-order valence-corrected chi connectivity index (χ4v) is 3.32. The summed E-state index contributed by atoms with van der Waals surface area (Å²) in [5, 5.41) is 7.77. The van der Waals surface area contributed by atoms with Crippen molar-refractivity contribution < 1.29 is 27.1 Å². The van der Waals surface area contributed by atoms with Crippen LogP contribution in [-0.2, 0) is 13.1 Å². The third-order valence-electron chi connectivity index (χ3n) is 5.00. The molecule has 0 aliphatic carbocycles. The molecular weight excluding hydrogens is 428 g/mol. The molecule has 10 heteroatoms. The van der Waals surface area contributed by atoms with E-state index < -0.39 is 24.2 Å². The Morgan fingerprint density at radius 1 is 1.16 bits per heavy atom. The molecule has 0 unspecified atom stereocenters. The van der Waals surface area contributed by atoms with Gasteiger partial charge in [-0.15, -0.1) is 0 Å². The Balaban J connectivity index is 1.88. The number of rotatable bonds is 9. The Labute approximate surface area is 182 Å². The van der Waals surface area contributed by atoms with Crippen LogP contribution in [0.1, 0.15) is 58.3 Å². The van der Waals surface area contributed by atoms with E-state index in [1.54, 1.807) is 35.9 Å². The molecule has 0 bridgehead atoms. The van der Waals surface area contributed by atoms with Gasteiger partial charge in [0.25, 0.3) is 12.9 Å². The van der Waals surface area contributed by atoms with Crippen molar-refractivity contribution >= 4 is 11.9 Å². The summed E-state index contributed by atoms with van der Waals surface area (Å²) in [6.45, 7) is 4.17. The third-order valence-corrected chi connectivity index (χ3v) is 5.00. The molecule has 2 aromatic heterocycles. The van der Waals surface area contributed by atoms with Crippen molar-refractivity contribution in [3.63, 3.8) is 0 Å². The van der Waals surface area contributed by atoms with Crippen LogP contribution in [0.4, 0.5) is 17.6 Å². The average Bonchev–Trinajstić information content (AvgIpc) is 3.36. The maximum Gasteiger partial charge on any atom is 0.282 e. The van der Waals surface area contributed by atoms with Gasteiger partial charge in [-0.05, 0) is 43.7 Å². The van der Waals surface area contributed by atoms with Crippen molar-refractivity contribution in [2.45, 2.75) is 39.8 Å². The molecule has 0 N–H and O–H groups in total. The molecule has 0 atom stereocenters. The minimum Gasteiger partial charge on any atom is -0.496 e. The molecule has 2 heterocycles. The zero-order valence-electron chi connectivity index (χ0n) is 17.7. The summed E-state index contributed by atoms with van der Waals surface area (Å²) < 4.78 is 60.3. The molecular formula is C22H22F4N4O2. The van der Waals surface area contributed by atoms with Gasteiger partial charge < -0.3 is 4.74 Å². The van der Waals surface area contributed by atoms with Gasteiger partial charge in [0.05, 0.1) is 25.4 Å². The maximum absolute atomic E-state index is 13.3. The molecule has 3 rings (SSSR count). The number of hydrogen-bond donors (Lipinski definition) is 0. The molecule has 0 saturated carbocycles. The van der Waals surface area contributed by atoms with Crippen LogP contribution in [0, 0.1) is 6.92 Å². The average molecular weight is 450 g/mol. The lowest BCUT2D eigenvalue weighted by Crippen LogP contribution is -2.08. The van der Waals surface area contributed by atoms with Gasteiger partial charge in [0.2, 0.25) is 0 Å². The molecule has 170 valence electrons. The van der Waals surface area contributed by atoms with E-state index in [1.165, 1.54) is 19.4 Å². The van der Waals surface area contributed by atoms with E-state index in [-0.39, 0.29) is 12.3 Å². The van der Waals surface area contributed by atoms with Gasteiger partial charge in [0.1, 0.15) is 17.1 Å². The van der Waals surface area contributed by atoms with E-state index in [0.29, 0.717) is 35.1 Å². The van der Waals surface area contributed by atoms with Crippen molar-refractivity contribution in [3.8, 4) is 5.75 Å². The number of carbonyl (C=O) groups excluding carboxylic acids is 1. The number of nitrogens with zero attached hydrogens (tertiary/aromatic N) is 4. The topological polar surface area (TPSA) is 61.9 Å². The Morgan fingerprint density at radius 3 is 2.50 bits per heavy atom. The Bertz CT molecular complexity index is 1140. The second-order valence-corrected chi connectivity index (χ2v) is 6.98. The van der Waals surface area contributed by atoms with E-state index in [0.717, 1.165) is 10.4 Å². The highest BCUT2D eigenvalue weighted by Crippen LogP contribution is 2.28. The van der Waals surface area contributed by atoms with Crippen molar-refractivity contribution in [1.82, 2.24) is 19.6 Å². The summed E-state index contributed by atoms with van der Waals surface area (Å²) in [6, 6.07) is 5.63. The molecule has 0 amide bonds. The van der Waals surface area contributed by atoms with Crippen molar-refractivity contribution in [2.75, 3.05) is 7.11 Å². The number of alkyl halides is 4. The van der Waals surface area contributed by atoms with E-state index >= 15 is 0 Å². The van der Waals surface area contributed by atoms with Gasteiger partial charge in [-0.3, -0.25) is 14.2 Å². The number of ether oxygens (including phenoxy) is 1. The molecule has 0 aliphatic heterocycles. The molecule has 0 spiro atoms.